The maximum Gasteiger partial charge on any atom is 0.155 e. The van der Waals surface area contributed by atoms with E-state index in [2.05, 4.69) is 31.7 Å². The monoisotopic (exact) mass is 258 g/mol. The highest BCUT2D eigenvalue weighted by Gasteiger charge is 2.25. The van der Waals surface area contributed by atoms with Gasteiger partial charge in [0, 0.05) is 17.7 Å². The van der Waals surface area contributed by atoms with Crippen LogP contribution in [0, 0.1) is 6.92 Å². The Balaban J connectivity index is 1.80. The van der Waals surface area contributed by atoms with E-state index in [0.29, 0.717) is 12.0 Å². The minimum Gasteiger partial charge on any atom is -0.301 e. The number of fused-ring (bicyclic) bond motifs is 1. The molecule has 0 aliphatic carbocycles. The second-order valence-electron chi connectivity index (χ2n) is 5.81. The average Bonchev–Trinajstić information content (AvgIpc) is 2.84. The van der Waals surface area contributed by atoms with Crippen LogP contribution in [0.15, 0.2) is 18.2 Å². The highest BCUT2D eigenvalue weighted by molar-refractivity contribution is 5.39. The van der Waals surface area contributed by atoms with Crippen LogP contribution in [-0.4, -0.2) is 38.6 Å². The van der Waals surface area contributed by atoms with E-state index in [1.54, 1.807) is 0 Å². The Kier molecular flexibility index (Phi) is 3.27. The molecule has 4 heteroatoms. The third kappa shape index (κ3) is 2.37. The van der Waals surface area contributed by atoms with Gasteiger partial charge < -0.3 is 4.90 Å². The molecule has 1 aliphatic rings. The van der Waals surface area contributed by atoms with Gasteiger partial charge in [0.15, 0.2) is 11.5 Å². The molecule has 19 heavy (non-hydrogen) atoms. The van der Waals surface area contributed by atoms with Crippen LogP contribution in [0.5, 0.6) is 0 Å². The summed E-state index contributed by atoms with van der Waals surface area (Å²) in [5.41, 5.74) is 2.12. The first-order valence-corrected chi connectivity index (χ1v) is 7.21. The van der Waals surface area contributed by atoms with Gasteiger partial charge in [0.05, 0.1) is 0 Å². The molecule has 1 saturated heterocycles. The van der Waals surface area contributed by atoms with E-state index in [-0.39, 0.29) is 0 Å². The second kappa shape index (κ2) is 4.93. The van der Waals surface area contributed by atoms with Crippen molar-refractivity contribution in [3.8, 4) is 0 Å². The molecule has 0 spiro atoms. The fourth-order valence-corrected chi connectivity index (χ4v) is 2.90. The number of hydrogen-bond donors (Lipinski definition) is 0. The Bertz CT molecular complexity index is 565. The fraction of sp³-hybridized carbons (Fsp3) is 0.600. The van der Waals surface area contributed by atoms with Crippen molar-refractivity contribution < 1.29 is 0 Å². The summed E-state index contributed by atoms with van der Waals surface area (Å²) in [7, 11) is 0. The number of rotatable bonds is 2. The van der Waals surface area contributed by atoms with Crippen molar-refractivity contribution in [2.75, 3.05) is 13.1 Å². The van der Waals surface area contributed by atoms with Gasteiger partial charge in [-0.2, -0.15) is 5.10 Å². The largest absolute Gasteiger partial charge is 0.301 e. The molecule has 1 fully saturated rings. The summed E-state index contributed by atoms with van der Waals surface area (Å²) < 4.78 is 1.96. The summed E-state index contributed by atoms with van der Waals surface area (Å²) in [4.78, 5) is 7.24. The minimum atomic E-state index is 0.522. The van der Waals surface area contributed by atoms with E-state index in [1.165, 1.54) is 12.8 Å². The number of likely N-dealkylation sites (tertiary alicyclic amines) is 1. The van der Waals surface area contributed by atoms with Gasteiger partial charge in [-0.25, -0.2) is 9.50 Å². The maximum atomic E-state index is 4.70. The molecule has 3 heterocycles. The Morgan fingerprint density at radius 1 is 1.21 bits per heavy atom. The molecular formula is C15H22N4. The van der Waals surface area contributed by atoms with E-state index in [0.717, 1.165) is 30.3 Å². The first kappa shape index (κ1) is 12.6. The molecule has 2 aromatic rings. The van der Waals surface area contributed by atoms with Gasteiger partial charge in [-0.1, -0.05) is 6.07 Å². The normalized spacial score (nSPS) is 18.5. The van der Waals surface area contributed by atoms with E-state index in [1.807, 2.05) is 16.6 Å². The average molecular weight is 258 g/mol. The number of pyridine rings is 1. The summed E-state index contributed by atoms with van der Waals surface area (Å²) in [6.07, 6.45) is 2.35. The van der Waals surface area contributed by atoms with Crippen LogP contribution >= 0.6 is 0 Å². The van der Waals surface area contributed by atoms with Crippen LogP contribution in [0.25, 0.3) is 5.65 Å². The molecule has 1 aliphatic heterocycles. The molecule has 2 aromatic heterocycles. The first-order chi connectivity index (χ1) is 9.15. The van der Waals surface area contributed by atoms with Crippen LogP contribution < -0.4 is 0 Å². The van der Waals surface area contributed by atoms with Crippen LogP contribution in [-0.2, 0) is 0 Å². The molecule has 102 valence electrons. The Morgan fingerprint density at radius 2 is 1.95 bits per heavy atom. The predicted molar refractivity (Wildman–Crippen MR) is 76.4 cm³/mol. The summed E-state index contributed by atoms with van der Waals surface area (Å²) in [6, 6.07) is 6.81. The second-order valence-corrected chi connectivity index (χ2v) is 5.81. The summed E-state index contributed by atoms with van der Waals surface area (Å²) in [5.74, 6) is 1.55. The molecule has 0 atom stereocenters. The topological polar surface area (TPSA) is 33.4 Å². The summed E-state index contributed by atoms with van der Waals surface area (Å²) >= 11 is 0. The SMILES string of the molecule is Cc1cccc2nc(C3CCN(C(C)C)CC3)nn12. The molecule has 0 unspecified atom stereocenters. The first-order valence-electron chi connectivity index (χ1n) is 7.21. The van der Waals surface area contributed by atoms with Gasteiger partial charge in [-0.3, -0.25) is 0 Å². The fourth-order valence-electron chi connectivity index (χ4n) is 2.90. The Labute approximate surface area is 114 Å². The zero-order valence-electron chi connectivity index (χ0n) is 12.0. The highest BCUT2D eigenvalue weighted by Crippen LogP contribution is 2.27. The van der Waals surface area contributed by atoms with Crippen molar-refractivity contribution in [3.63, 3.8) is 0 Å². The lowest BCUT2D eigenvalue weighted by Gasteiger charge is -2.33. The molecular weight excluding hydrogens is 236 g/mol. The lowest BCUT2D eigenvalue weighted by molar-refractivity contribution is 0.169. The van der Waals surface area contributed by atoms with Crippen LogP contribution in [0.3, 0.4) is 0 Å². The molecule has 0 saturated carbocycles. The molecule has 0 N–H and O–H groups in total. The van der Waals surface area contributed by atoms with Gasteiger partial charge in [-0.15, -0.1) is 0 Å². The standard InChI is InChI=1S/C15H22N4/c1-11(2)18-9-7-13(8-10-18)15-16-14-6-4-5-12(3)19(14)17-15/h4-6,11,13H,7-10H2,1-3H3. The quantitative estimate of drug-likeness (QED) is 0.830. The zero-order valence-corrected chi connectivity index (χ0v) is 12.0. The van der Waals surface area contributed by atoms with Crippen molar-refractivity contribution in [1.29, 1.82) is 0 Å². The Hall–Kier alpha value is -1.42. The van der Waals surface area contributed by atoms with Crippen molar-refractivity contribution in [2.24, 2.45) is 0 Å². The molecule has 0 radical (unpaired) electrons. The summed E-state index contributed by atoms with van der Waals surface area (Å²) in [6.45, 7) is 8.94. The number of hydrogen-bond acceptors (Lipinski definition) is 3. The number of nitrogens with zero attached hydrogens (tertiary/aromatic N) is 4. The molecule has 0 amide bonds. The minimum absolute atomic E-state index is 0.522. The highest BCUT2D eigenvalue weighted by atomic mass is 15.3. The smallest absolute Gasteiger partial charge is 0.155 e. The molecule has 0 bridgehead atoms. The number of aryl methyl sites for hydroxylation is 1. The molecule has 4 nitrogen and oxygen atoms in total. The van der Waals surface area contributed by atoms with E-state index in [4.69, 9.17) is 10.1 Å². The predicted octanol–water partition coefficient (Wildman–Crippen LogP) is 2.63. The van der Waals surface area contributed by atoms with Gasteiger partial charge in [-0.05, 0) is 58.8 Å². The van der Waals surface area contributed by atoms with Gasteiger partial charge in [0.25, 0.3) is 0 Å². The molecule has 3 rings (SSSR count). The zero-order chi connectivity index (χ0) is 13.4. The van der Waals surface area contributed by atoms with Crippen molar-refractivity contribution >= 4 is 5.65 Å². The van der Waals surface area contributed by atoms with Crippen LogP contribution in [0.1, 0.15) is 44.1 Å². The van der Waals surface area contributed by atoms with Gasteiger partial charge >= 0.3 is 0 Å². The third-order valence-electron chi connectivity index (χ3n) is 4.19. The summed E-state index contributed by atoms with van der Waals surface area (Å²) in [5, 5.41) is 4.69. The van der Waals surface area contributed by atoms with Gasteiger partial charge in [0.1, 0.15) is 0 Å². The maximum absolute atomic E-state index is 4.70. The van der Waals surface area contributed by atoms with E-state index in [9.17, 15) is 0 Å². The van der Waals surface area contributed by atoms with Crippen LogP contribution in [0.4, 0.5) is 0 Å². The third-order valence-corrected chi connectivity index (χ3v) is 4.19. The number of piperidine rings is 1. The Morgan fingerprint density at radius 3 is 2.58 bits per heavy atom. The van der Waals surface area contributed by atoms with E-state index >= 15 is 0 Å². The lowest BCUT2D eigenvalue weighted by Crippen LogP contribution is -2.38. The lowest BCUT2D eigenvalue weighted by atomic mass is 9.95. The van der Waals surface area contributed by atoms with Crippen LogP contribution in [0.2, 0.25) is 0 Å². The van der Waals surface area contributed by atoms with Crippen molar-refractivity contribution in [2.45, 2.75) is 45.6 Å². The van der Waals surface area contributed by atoms with Crippen molar-refractivity contribution in [1.82, 2.24) is 19.5 Å². The molecule has 0 aromatic carbocycles. The van der Waals surface area contributed by atoms with Gasteiger partial charge in [0.2, 0.25) is 0 Å². The van der Waals surface area contributed by atoms with Crippen molar-refractivity contribution in [3.05, 3.63) is 29.7 Å². The van der Waals surface area contributed by atoms with E-state index < -0.39 is 0 Å². The number of aromatic nitrogens is 3.